The van der Waals surface area contributed by atoms with Crippen LogP contribution in [-0.4, -0.2) is 33.6 Å². The molecule has 30 heavy (non-hydrogen) atoms. The van der Waals surface area contributed by atoms with Crippen LogP contribution < -0.4 is 10.1 Å². The molecule has 3 aromatic rings. The number of amidine groups is 1. The molecule has 1 aliphatic heterocycles. The fourth-order valence-corrected chi connectivity index (χ4v) is 3.87. The second-order valence-corrected chi connectivity index (χ2v) is 8.10. The number of aromatic nitrogens is 3. The van der Waals surface area contributed by atoms with Crippen LogP contribution in [0.2, 0.25) is 5.02 Å². The van der Waals surface area contributed by atoms with Gasteiger partial charge in [0.25, 0.3) is 0 Å². The summed E-state index contributed by atoms with van der Waals surface area (Å²) in [7, 11) is 1.60. The van der Waals surface area contributed by atoms with Crippen molar-refractivity contribution < 1.29 is 9.57 Å². The minimum atomic E-state index is -0.0222. The number of nitrogens with zero attached hydrogens (tertiary/aromatic N) is 4. The molecule has 1 N–H and O–H groups in total. The molecule has 0 unspecified atom stereocenters. The number of oxime groups is 1. The van der Waals surface area contributed by atoms with Crippen molar-refractivity contribution in [3.63, 3.8) is 0 Å². The van der Waals surface area contributed by atoms with Gasteiger partial charge in [-0.3, -0.25) is 0 Å². The number of hydrogen-bond acceptors (Lipinski definition) is 6. The Labute approximate surface area is 179 Å². The summed E-state index contributed by atoms with van der Waals surface area (Å²) in [6, 6.07) is 11.7. The van der Waals surface area contributed by atoms with Gasteiger partial charge < -0.3 is 19.5 Å². The normalized spacial score (nSPS) is 20.8. The van der Waals surface area contributed by atoms with Crippen LogP contribution in [0.1, 0.15) is 35.8 Å². The Kier molecular flexibility index (Phi) is 4.83. The molecule has 8 heteroatoms. The van der Waals surface area contributed by atoms with Crippen molar-refractivity contribution in [1.82, 2.24) is 19.9 Å². The third-order valence-electron chi connectivity index (χ3n) is 5.47. The van der Waals surface area contributed by atoms with Crippen molar-refractivity contribution in [1.29, 1.82) is 0 Å². The molecular weight excluding hydrogens is 402 g/mol. The van der Waals surface area contributed by atoms with Crippen LogP contribution in [-0.2, 0) is 4.84 Å². The first-order valence-corrected chi connectivity index (χ1v) is 10.3. The lowest BCUT2D eigenvalue weighted by Crippen LogP contribution is -2.43. The molecule has 3 heterocycles. The van der Waals surface area contributed by atoms with Crippen molar-refractivity contribution in [3.8, 4) is 11.6 Å². The molecule has 0 spiro atoms. The molecule has 0 bridgehead atoms. The Morgan fingerprint density at radius 3 is 2.63 bits per heavy atom. The summed E-state index contributed by atoms with van der Waals surface area (Å²) in [5.41, 5.74) is 3.50. The quantitative estimate of drug-likeness (QED) is 0.670. The summed E-state index contributed by atoms with van der Waals surface area (Å²) in [4.78, 5) is 14.9. The number of imidazole rings is 1. The van der Waals surface area contributed by atoms with Crippen LogP contribution in [0.25, 0.3) is 5.69 Å². The van der Waals surface area contributed by atoms with Gasteiger partial charge in [-0.2, -0.15) is 0 Å². The van der Waals surface area contributed by atoms with E-state index in [-0.39, 0.29) is 12.1 Å². The third-order valence-corrected chi connectivity index (χ3v) is 5.72. The van der Waals surface area contributed by atoms with E-state index in [9.17, 15) is 0 Å². The molecule has 7 nitrogen and oxygen atoms in total. The Balaban J connectivity index is 1.47. The monoisotopic (exact) mass is 423 g/mol. The lowest BCUT2D eigenvalue weighted by molar-refractivity contribution is 0.00617. The summed E-state index contributed by atoms with van der Waals surface area (Å²) < 4.78 is 7.42. The predicted octanol–water partition coefficient (Wildman–Crippen LogP) is 4.04. The van der Waals surface area contributed by atoms with Gasteiger partial charge in [-0.05, 0) is 49.6 Å². The van der Waals surface area contributed by atoms with E-state index in [1.165, 1.54) is 0 Å². The minimum Gasteiger partial charge on any atom is -0.479 e. The number of halogens is 1. The summed E-state index contributed by atoms with van der Waals surface area (Å²) in [5.74, 6) is 1.58. The maximum atomic E-state index is 6.08. The van der Waals surface area contributed by atoms with Gasteiger partial charge in [-0.1, -0.05) is 28.9 Å². The van der Waals surface area contributed by atoms with E-state index in [4.69, 9.17) is 21.2 Å². The maximum Gasteiger partial charge on any atom is 0.238 e. The molecule has 2 atom stereocenters. The average molecular weight is 424 g/mol. The third kappa shape index (κ3) is 3.61. The van der Waals surface area contributed by atoms with E-state index < -0.39 is 0 Å². The van der Waals surface area contributed by atoms with E-state index in [2.05, 4.69) is 20.4 Å². The van der Waals surface area contributed by atoms with Crippen molar-refractivity contribution in [2.45, 2.75) is 31.9 Å². The van der Waals surface area contributed by atoms with E-state index >= 15 is 0 Å². The Bertz CT molecular complexity index is 1090. The zero-order chi connectivity index (χ0) is 20.7. The van der Waals surface area contributed by atoms with Crippen molar-refractivity contribution in [2.24, 2.45) is 11.1 Å². The van der Waals surface area contributed by atoms with E-state index in [0.29, 0.717) is 28.4 Å². The first kappa shape index (κ1) is 18.9. The Morgan fingerprint density at radius 2 is 1.97 bits per heavy atom. The SMILES string of the molecule is COc1nc(C2=NO[C@H](C3CC3)[C@H](c3ccc(Cl)cc3)N2)ccc1-n1cnc(C)c1. The highest BCUT2D eigenvalue weighted by Gasteiger charge is 2.42. The van der Waals surface area contributed by atoms with Crippen molar-refractivity contribution >= 4 is 17.4 Å². The molecule has 2 aromatic heterocycles. The van der Waals surface area contributed by atoms with Gasteiger partial charge in [-0.25, -0.2) is 9.97 Å². The van der Waals surface area contributed by atoms with Gasteiger partial charge in [0.2, 0.25) is 5.88 Å². The number of aryl methyl sites for hydroxylation is 1. The lowest BCUT2D eigenvalue weighted by atomic mass is 9.97. The van der Waals surface area contributed by atoms with E-state index in [1.54, 1.807) is 13.4 Å². The second-order valence-electron chi connectivity index (χ2n) is 7.67. The Hall–Kier alpha value is -3.06. The highest BCUT2D eigenvalue weighted by molar-refractivity contribution is 6.30. The number of methoxy groups -OCH3 is 1. The molecule has 1 fully saturated rings. The first-order valence-electron chi connectivity index (χ1n) is 9.94. The second kappa shape index (κ2) is 7.65. The minimum absolute atomic E-state index is 0.00924. The zero-order valence-corrected chi connectivity index (χ0v) is 17.5. The number of hydrogen-bond donors (Lipinski definition) is 1. The maximum absolute atomic E-state index is 6.08. The molecule has 2 aliphatic rings. The molecule has 0 amide bonds. The van der Waals surface area contributed by atoms with E-state index in [0.717, 1.165) is 29.8 Å². The van der Waals surface area contributed by atoms with Gasteiger partial charge in [0.15, 0.2) is 11.9 Å². The fourth-order valence-electron chi connectivity index (χ4n) is 3.74. The number of pyridine rings is 1. The van der Waals surface area contributed by atoms with Gasteiger partial charge in [0.1, 0.15) is 11.4 Å². The fraction of sp³-hybridized carbons (Fsp3) is 0.318. The highest BCUT2D eigenvalue weighted by atomic mass is 35.5. The van der Waals surface area contributed by atoms with Gasteiger partial charge in [0, 0.05) is 17.1 Å². The van der Waals surface area contributed by atoms with Crippen LogP contribution in [0, 0.1) is 12.8 Å². The molecule has 0 saturated heterocycles. The van der Waals surface area contributed by atoms with E-state index in [1.807, 2.05) is 54.1 Å². The molecule has 0 radical (unpaired) electrons. The first-order chi connectivity index (χ1) is 14.6. The predicted molar refractivity (Wildman–Crippen MR) is 114 cm³/mol. The number of nitrogens with one attached hydrogen (secondary N) is 1. The summed E-state index contributed by atoms with van der Waals surface area (Å²) >= 11 is 6.08. The van der Waals surface area contributed by atoms with Gasteiger partial charge in [-0.15, -0.1) is 0 Å². The summed E-state index contributed by atoms with van der Waals surface area (Å²) in [5, 5.41) is 8.61. The Morgan fingerprint density at radius 1 is 1.17 bits per heavy atom. The van der Waals surface area contributed by atoms with Crippen LogP contribution in [0.15, 0.2) is 54.1 Å². The van der Waals surface area contributed by atoms with Crippen LogP contribution in [0.4, 0.5) is 0 Å². The average Bonchev–Trinajstić information content (AvgIpc) is 3.53. The molecule has 1 aliphatic carbocycles. The smallest absolute Gasteiger partial charge is 0.238 e. The standard InChI is InChI=1S/C22H22ClN5O2/c1-13-11-28(12-24-13)18-10-9-17(25-22(18)29-2)21-26-19(14-5-7-16(23)8-6-14)20(30-27-21)15-3-4-15/h5-12,15,19-20H,3-4H2,1-2H3,(H,26,27)/t19-,20+/m0/s1. The molecule has 1 saturated carbocycles. The lowest BCUT2D eigenvalue weighted by Gasteiger charge is -2.32. The highest BCUT2D eigenvalue weighted by Crippen LogP contribution is 2.41. The van der Waals surface area contributed by atoms with Crippen molar-refractivity contribution in [2.75, 3.05) is 7.11 Å². The molecule has 1 aromatic carbocycles. The molecule has 5 rings (SSSR count). The van der Waals surface area contributed by atoms with Gasteiger partial charge >= 0.3 is 0 Å². The van der Waals surface area contributed by atoms with Crippen molar-refractivity contribution in [3.05, 3.63) is 70.9 Å². The molecule has 154 valence electrons. The summed E-state index contributed by atoms with van der Waals surface area (Å²) in [6.07, 6.45) is 5.98. The molecular formula is C22H22ClN5O2. The zero-order valence-electron chi connectivity index (χ0n) is 16.7. The van der Waals surface area contributed by atoms with Gasteiger partial charge in [0.05, 0.1) is 25.2 Å². The number of benzene rings is 1. The van der Waals surface area contributed by atoms with Crippen LogP contribution in [0.5, 0.6) is 5.88 Å². The van der Waals surface area contributed by atoms with Crippen LogP contribution >= 0.6 is 11.6 Å². The van der Waals surface area contributed by atoms with Crippen LogP contribution in [0.3, 0.4) is 0 Å². The topological polar surface area (TPSA) is 73.6 Å². The summed E-state index contributed by atoms with van der Waals surface area (Å²) in [6.45, 7) is 1.94. The number of rotatable bonds is 5. The largest absolute Gasteiger partial charge is 0.479 e. The number of ether oxygens (including phenoxy) is 1.